The summed E-state index contributed by atoms with van der Waals surface area (Å²) in [7, 11) is 1.83. The first kappa shape index (κ1) is 10.6. The first-order valence-corrected chi connectivity index (χ1v) is 6.24. The zero-order valence-corrected chi connectivity index (χ0v) is 10.0. The van der Waals surface area contributed by atoms with Crippen LogP contribution < -0.4 is 10.2 Å². The molecule has 1 N–H and O–H groups in total. The summed E-state index contributed by atoms with van der Waals surface area (Å²) in [5.41, 5.74) is 0.878. The van der Waals surface area contributed by atoms with Gasteiger partial charge in [0.1, 0.15) is 5.82 Å². The summed E-state index contributed by atoms with van der Waals surface area (Å²) in [4.78, 5) is 17.9. The number of amides is 1. The van der Waals surface area contributed by atoms with Gasteiger partial charge in [-0.2, -0.15) is 0 Å². The van der Waals surface area contributed by atoms with Crippen molar-refractivity contribution in [3.05, 3.63) is 18.3 Å². The molecule has 2 aliphatic rings. The SMILES string of the molecule is CN(C(=O)C1CC1)c1ccc(NC2CC2)nc1. The zero-order chi connectivity index (χ0) is 11.8. The predicted octanol–water partition coefficient (Wildman–Crippen LogP) is 2.03. The second kappa shape index (κ2) is 4.02. The minimum atomic E-state index is 0.217. The van der Waals surface area contributed by atoms with Crippen molar-refractivity contribution in [1.82, 2.24) is 4.98 Å². The van der Waals surface area contributed by atoms with Crippen molar-refractivity contribution in [1.29, 1.82) is 0 Å². The Hall–Kier alpha value is -1.58. The second-order valence-corrected chi connectivity index (χ2v) is 4.99. The molecule has 4 heteroatoms. The van der Waals surface area contributed by atoms with Crippen molar-refractivity contribution in [3.8, 4) is 0 Å². The van der Waals surface area contributed by atoms with Crippen LogP contribution in [0.4, 0.5) is 11.5 Å². The number of pyridine rings is 1. The van der Waals surface area contributed by atoms with Gasteiger partial charge in [0.2, 0.25) is 5.91 Å². The van der Waals surface area contributed by atoms with E-state index in [1.54, 1.807) is 11.1 Å². The Morgan fingerprint density at radius 3 is 2.65 bits per heavy atom. The van der Waals surface area contributed by atoms with Gasteiger partial charge in [0, 0.05) is 19.0 Å². The van der Waals surface area contributed by atoms with Crippen LogP contribution in [-0.4, -0.2) is 24.0 Å². The van der Waals surface area contributed by atoms with Crippen LogP contribution in [-0.2, 0) is 4.79 Å². The summed E-state index contributed by atoms with van der Waals surface area (Å²) >= 11 is 0. The Kier molecular flexibility index (Phi) is 2.50. The fraction of sp³-hybridized carbons (Fsp3) is 0.538. The van der Waals surface area contributed by atoms with Crippen LogP contribution >= 0.6 is 0 Å². The highest BCUT2D eigenvalue weighted by Crippen LogP contribution is 2.32. The van der Waals surface area contributed by atoms with Gasteiger partial charge in [0.15, 0.2) is 0 Å². The quantitative estimate of drug-likeness (QED) is 0.862. The summed E-state index contributed by atoms with van der Waals surface area (Å²) < 4.78 is 0. The molecule has 17 heavy (non-hydrogen) atoms. The smallest absolute Gasteiger partial charge is 0.229 e. The summed E-state index contributed by atoms with van der Waals surface area (Å²) in [6, 6.07) is 4.52. The number of carbonyl (C=O) groups is 1. The van der Waals surface area contributed by atoms with Crippen LogP contribution in [0.25, 0.3) is 0 Å². The lowest BCUT2D eigenvalue weighted by molar-refractivity contribution is -0.119. The van der Waals surface area contributed by atoms with Gasteiger partial charge in [-0.15, -0.1) is 0 Å². The van der Waals surface area contributed by atoms with Gasteiger partial charge in [0.05, 0.1) is 11.9 Å². The van der Waals surface area contributed by atoms with Gasteiger partial charge in [-0.05, 0) is 37.8 Å². The van der Waals surface area contributed by atoms with Crippen molar-refractivity contribution in [2.75, 3.05) is 17.3 Å². The highest BCUT2D eigenvalue weighted by atomic mass is 16.2. The topological polar surface area (TPSA) is 45.2 Å². The van der Waals surface area contributed by atoms with E-state index in [9.17, 15) is 4.79 Å². The molecule has 1 amide bonds. The van der Waals surface area contributed by atoms with Gasteiger partial charge in [-0.3, -0.25) is 4.79 Å². The molecule has 90 valence electrons. The standard InChI is InChI=1S/C13H17N3O/c1-16(13(17)9-2-3-9)11-6-7-12(14-8-11)15-10-4-5-10/h6-10H,2-5H2,1H3,(H,14,15). The van der Waals surface area contributed by atoms with Crippen molar-refractivity contribution in [2.24, 2.45) is 5.92 Å². The van der Waals surface area contributed by atoms with Crippen molar-refractivity contribution >= 4 is 17.4 Å². The molecule has 2 fully saturated rings. The van der Waals surface area contributed by atoms with Crippen LogP contribution in [0.5, 0.6) is 0 Å². The lowest BCUT2D eigenvalue weighted by Gasteiger charge is -2.17. The average molecular weight is 231 g/mol. The molecule has 0 radical (unpaired) electrons. The Bertz CT molecular complexity index is 421. The van der Waals surface area contributed by atoms with Crippen LogP contribution in [0.3, 0.4) is 0 Å². The molecular formula is C13H17N3O. The minimum absolute atomic E-state index is 0.217. The fourth-order valence-electron chi connectivity index (χ4n) is 1.84. The maximum absolute atomic E-state index is 11.9. The van der Waals surface area contributed by atoms with Crippen LogP contribution in [0.2, 0.25) is 0 Å². The van der Waals surface area contributed by atoms with Crippen LogP contribution in [0.1, 0.15) is 25.7 Å². The van der Waals surface area contributed by atoms with Gasteiger partial charge in [-0.1, -0.05) is 0 Å². The van der Waals surface area contributed by atoms with E-state index in [0.29, 0.717) is 6.04 Å². The van der Waals surface area contributed by atoms with Crippen molar-refractivity contribution < 1.29 is 4.79 Å². The minimum Gasteiger partial charge on any atom is -0.367 e. The summed E-state index contributed by atoms with van der Waals surface area (Å²) in [5.74, 6) is 1.38. The lowest BCUT2D eigenvalue weighted by atomic mass is 10.3. The molecule has 4 nitrogen and oxygen atoms in total. The maximum atomic E-state index is 11.9. The van der Waals surface area contributed by atoms with E-state index in [4.69, 9.17) is 0 Å². The molecule has 2 saturated carbocycles. The number of hydrogen-bond donors (Lipinski definition) is 1. The van der Waals surface area contributed by atoms with Crippen LogP contribution in [0.15, 0.2) is 18.3 Å². The molecule has 1 heterocycles. The molecule has 0 spiro atoms. The summed E-state index contributed by atoms with van der Waals surface area (Å²) in [6.07, 6.45) is 6.33. The van der Waals surface area contributed by atoms with E-state index >= 15 is 0 Å². The van der Waals surface area contributed by atoms with E-state index in [1.807, 2.05) is 19.2 Å². The monoisotopic (exact) mass is 231 g/mol. The largest absolute Gasteiger partial charge is 0.367 e. The number of anilines is 2. The van der Waals surface area contributed by atoms with Gasteiger partial charge in [0.25, 0.3) is 0 Å². The number of nitrogens with one attached hydrogen (secondary N) is 1. The number of nitrogens with zero attached hydrogens (tertiary/aromatic N) is 2. The van der Waals surface area contributed by atoms with Crippen LogP contribution in [0, 0.1) is 5.92 Å². The Morgan fingerprint density at radius 2 is 2.12 bits per heavy atom. The molecule has 1 aromatic heterocycles. The third-order valence-corrected chi connectivity index (χ3v) is 3.32. The maximum Gasteiger partial charge on any atom is 0.229 e. The molecule has 2 aliphatic carbocycles. The van der Waals surface area contributed by atoms with E-state index in [-0.39, 0.29) is 11.8 Å². The summed E-state index contributed by atoms with van der Waals surface area (Å²) in [5, 5.41) is 3.33. The van der Waals surface area contributed by atoms with E-state index < -0.39 is 0 Å². The molecule has 0 saturated heterocycles. The second-order valence-electron chi connectivity index (χ2n) is 4.99. The number of aromatic nitrogens is 1. The number of carbonyl (C=O) groups excluding carboxylic acids is 1. The molecule has 3 rings (SSSR count). The van der Waals surface area contributed by atoms with Gasteiger partial charge >= 0.3 is 0 Å². The fourth-order valence-corrected chi connectivity index (χ4v) is 1.84. The highest BCUT2D eigenvalue weighted by molar-refractivity contribution is 5.95. The highest BCUT2D eigenvalue weighted by Gasteiger charge is 2.32. The zero-order valence-electron chi connectivity index (χ0n) is 10.0. The molecule has 1 aromatic rings. The number of hydrogen-bond acceptors (Lipinski definition) is 3. The van der Waals surface area contributed by atoms with Gasteiger partial charge < -0.3 is 10.2 Å². The van der Waals surface area contributed by atoms with Crippen molar-refractivity contribution in [3.63, 3.8) is 0 Å². The molecule has 0 bridgehead atoms. The van der Waals surface area contributed by atoms with E-state index in [2.05, 4.69) is 10.3 Å². The predicted molar refractivity (Wildman–Crippen MR) is 67.0 cm³/mol. The molecule has 0 aromatic carbocycles. The van der Waals surface area contributed by atoms with E-state index in [1.165, 1.54) is 12.8 Å². The first-order chi connectivity index (χ1) is 8.24. The Morgan fingerprint density at radius 1 is 1.35 bits per heavy atom. The third-order valence-electron chi connectivity index (χ3n) is 3.32. The molecule has 0 atom stereocenters. The average Bonchev–Trinajstić information content (AvgIpc) is 3.21. The third kappa shape index (κ3) is 2.40. The molecule has 0 unspecified atom stereocenters. The van der Waals surface area contributed by atoms with E-state index in [0.717, 1.165) is 24.3 Å². The Labute approximate surface area is 101 Å². The number of rotatable bonds is 4. The summed E-state index contributed by atoms with van der Waals surface area (Å²) in [6.45, 7) is 0. The van der Waals surface area contributed by atoms with Crippen molar-refractivity contribution in [2.45, 2.75) is 31.7 Å². The molecular weight excluding hydrogens is 214 g/mol. The first-order valence-electron chi connectivity index (χ1n) is 6.24. The van der Waals surface area contributed by atoms with Gasteiger partial charge in [-0.25, -0.2) is 4.98 Å². The lowest BCUT2D eigenvalue weighted by Crippen LogP contribution is -2.27. The Balaban J connectivity index is 1.67. The molecule has 0 aliphatic heterocycles. The normalized spacial score (nSPS) is 18.9.